The van der Waals surface area contributed by atoms with Crippen LogP contribution in [0.2, 0.25) is 0 Å². The molecule has 1 aliphatic heterocycles. The van der Waals surface area contributed by atoms with Crippen LogP contribution in [-0.2, 0) is 10.9 Å². The maximum absolute atomic E-state index is 12.2. The predicted octanol–water partition coefficient (Wildman–Crippen LogP) is 1.66. The molecule has 0 spiro atoms. The van der Waals surface area contributed by atoms with Crippen LogP contribution >= 0.6 is 0 Å². The number of halogens is 3. The lowest BCUT2D eigenvalue weighted by Gasteiger charge is -2.15. The molecular weight excluding hydrogens is 239 g/mol. The lowest BCUT2D eigenvalue weighted by Crippen LogP contribution is -2.27. The Labute approximate surface area is 95.1 Å². The van der Waals surface area contributed by atoms with E-state index in [2.05, 4.69) is 14.7 Å². The molecule has 17 heavy (non-hydrogen) atoms. The molecule has 0 amide bonds. The quantitative estimate of drug-likeness (QED) is 0.865. The Morgan fingerprint density at radius 2 is 2.12 bits per heavy atom. The Balaban J connectivity index is 2.09. The summed E-state index contributed by atoms with van der Waals surface area (Å²) in [6.07, 6.45) is -3.45. The van der Waals surface area contributed by atoms with Crippen LogP contribution in [0.5, 0.6) is 0 Å². The van der Waals surface area contributed by atoms with Gasteiger partial charge in [0.1, 0.15) is 0 Å². The summed E-state index contributed by atoms with van der Waals surface area (Å²) >= 11 is 0. The minimum absolute atomic E-state index is 0.0556. The van der Waals surface area contributed by atoms with Gasteiger partial charge in [-0.25, -0.2) is 0 Å². The Hall–Kier alpha value is -1.15. The second kappa shape index (κ2) is 4.26. The van der Waals surface area contributed by atoms with Crippen molar-refractivity contribution in [3.8, 4) is 0 Å². The van der Waals surface area contributed by atoms with Crippen LogP contribution in [0.25, 0.3) is 0 Å². The van der Waals surface area contributed by atoms with Gasteiger partial charge < -0.3 is 15.0 Å². The average Bonchev–Trinajstić information content (AvgIpc) is 2.83. The van der Waals surface area contributed by atoms with Crippen molar-refractivity contribution in [3.05, 3.63) is 11.7 Å². The second-order valence-corrected chi connectivity index (χ2v) is 4.04. The zero-order valence-corrected chi connectivity index (χ0v) is 9.07. The van der Waals surface area contributed by atoms with Crippen molar-refractivity contribution in [3.63, 3.8) is 0 Å². The van der Waals surface area contributed by atoms with E-state index >= 15 is 0 Å². The minimum Gasteiger partial charge on any atom is -0.373 e. The Bertz CT molecular complexity index is 393. The van der Waals surface area contributed by atoms with Gasteiger partial charge >= 0.3 is 12.1 Å². The van der Waals surface area contributed by atoms with E-state index in [4.69, 9.17) is 10.5 Å². The SMILES string of the molecule is CC1CCC(C(N)c2noc(C(F)(F)F)n2)O1. The van der Waals surface area contributed by atoms with E-state index in [0.717, 1.165) is 6.42 Å². The minimum atomic E-state index is -4.64. The van der Waals surface area contributed by atoms with Gasteiger partial charge in [-0.15, -0.1) is 0 Å². The van der Waals surface area contributed by atoms with Gasteiger partial charge in [-0.2, -0.15) is 18.2 Å². The van der Waals surface area contributed by atoms with Crippen molar-refractivity contribution in [2.45, 2.75) is 44.2 Å². The fraction of sp³-hybridized carbons (Fsp3) is 0.778. The molecule has 5 nitrogen and oxygen atoms in total. The summed E-state index contributed by atoms with van der Waals surface area (Å²) in [7, 11) is 0. The summed E-state index contributed by atoms with van der Waals surface area (Å²) in [5.74, 6) is -1.55. The monoisotopic (exact) mass is 251 g/mol. The first-order chi connectivity index (χ1) is 7.88. The number of aromatic nitrogens is 2. The van der Waals surface area contributed by atoms with Crippen LogP contribution in [0.3, 0.4) is 0 Å². The molecule has 0 bridgehead atoms. The van der Waals surface area contributed by atoms with Crippen LogP contribution in [0.15, 0.2) is 4.52 Å². The van der Waals surface area contributed by atoms with Crippen LogP contribution in [0.1, 0.15) is 37.5 Å². The molecule has 0 aromatic carbocycles. The van der Waals surface area contributed by atoms with Crippen molar-refractivity contribution < 1.29 is 22.4 Å². The molecule has 0 saturated carbocycles. The number of hydrogen-bond acceptors (Lipinski definition) is 5. The second-order valence-electron chi connectivity index (χ2n) is 4.04. The highest BCUT2D eigenvalue weighted by Gasteiger charge is 2.40. The summed E-state index contributed by atoms with van der Waals surface area (Å²) in [6.45, 7) is 1.88. The first kappa shape index (κ1) is 12.3. The third-order valence-electron chi connectivity index (χ3n) is 2.65. The molecule has 1 aromatic heterocycles. The van der Waals surface area contributed by atoms with Crippen molar-refractivity contribution in [1.82, 2.24) is 10.1 Å². The molecular formula is C9H12F3N3O2. The molecule has 3 atom stereocenters. The number of nitrogens with zero attached hydrogens (tertiary/aromatic N) is 2. The summed E-state index contributed by atoms with van der Waals surface area (Å²) in [5.41, 5.74) is 5.74. The number of hydrogen-bond donors (Lipinski definition) is 1. The van der Waals surface area contributed by atoms with Crippen molar-refractivity contribution in [2.24, 2.45) is 5.73 Å². The highest BCUT2D eigenvalue weighted by atomic mass is 19.4. The van der Waals surface area contributed by atoms with Crippen LogP contribution < -0.4 is 5.73 Å². The largest absolute Gasteiger partial charge is 0.471 e. The van der Waals surface area contributed by atoms with Gasteiger partial charge in [0.25, 0.3) is 0 Å². The molecule has 0 aliphatic carbocycles. The van der Waals surface area contributed by atoms with Gasteiger partial charge in [0.2, 0.25) is 0 Å². The summed E-state index contributed by atoms with van der Waals surface area (Å²) in [5, 5.41) is 3.24. The van der Waals surface area contributed by atoms with Crippen LogP contribution in [-0.4, -0.2) is 22.3 Å². The Kier molecular flexibility index (Phi) is 3.09. The Morgan fingerprint density at radius 3 is 2.59 bits per heavy atom. The fourth-order valence-corrected chi connectivity index (χ4v) is 1.75. The molecule has 2 heterocycles. The molecule has 1 aromatic rings. The van der Waals surface area contributed by atoms with E-state index in [1.54, 1.807) is 0 Å². The molecule has 3 unspecified atom stereocenters. The van der Waals surface area contributed by atoms with Gasteiger partial charge in [-0.05, 0) is 19.8 Å². The molecule has 1 aliphatic rings. The number of alkyl halides is 3. The zero-order chi connectivity index (χ0) is 12.6. The van der Waals surface area contributed by atoms with Crippen LogP contribution in [0.4, 0.5) is 13.2 Å². The average molecular weight is 251 g/mol. The van der Waals surface area contributed by atoms with E-state index < -0.39 is 18.1 Å². The molecule has 2 rings (SSSR count). The lowest BCUT2D eigenvalue weighted by molar-refractivity contribution is -0.159. The van der Waals surface area contributed by atoms with Crippen molar-refractivity contribution in [1.29, 1.82) is 0 Å². The van der Waals surface area contributed by atoms with Gasteiger partial charge in [0.05, 0.1) is 18.2 Å². The van der Waals surface area contributed by atoms with E-state index in [0.29, 0.717) is 6.42 Å². The van der Waals surface area contributed by atoms with Gasteiger partial charge in [-0.3, -0.25) is 0 Å². The normalized spacial score (nSPS) is 27.4. The maximum Gasteiger partial charge on any atom is 0.471 e. The maximum atomic E-state index is 12.2. The topological polar surface area (TPSA) is 74.2 Å². The molecule has 8 heteroatoms. The molecule has 96 valence electrons. The Morgan fingerprint density at radius 1 is 1.41 bits per heavy atom. The standard InChI is InChI=1S/C9H12F3N3O2/c1-4-2-3-5(16-4)6(13)7-14-8(17-15-7)9(10,11)12/h4-6H,2-3,13H2,1H3. The first-order valence-corrected chi connectivity index (χ1v) is 5.20. The summed E-state index contributed by atoms with van der Waals surface area (Å²) in [4.78, 5) is 3.24. The van der Waals surface area contributed by atoms with Gasteiger partial charge in [0, 0.05) is 0 Å². The van der Waals surface area contributed by atoms with E-state index in [1.807, 2.05) is 6.92 Å². The molecule has 2 N–H and O–H groups in total. The highest BCUT2D eigenvalue weighted by Crippen LogP contribution is 2.31. The third kappa shape index (κ3) is 2.58. The number of rotatable bonds is 2. The predicted molar refractivity (Wildman–Crippen MR) is 49.8 cm³/mol. The zero-order valence-electron chi connectivity index (χ0n) is 9.07. The number of nitrogens with two attached hydrogens (primary N) is 1. The first-order valence-electron chi connectivity index (χ1n) is 5.20. The summed E-state index contributed by atoms with van der Waals surface area (Å²) < 4.78 is 46.3. The number of ether oxygens (including phenoxy) is 1. The smallest absolute Gasteiger partial charge is 0.373 e. The van der Waals surface area contributed by atoms with E-state index in [-0.39, 0.29) is 18.0 Å². The lowest BCUT2D eigenvalue weighted by atomic mass is 10.1. The fourth-order valence-electron chi connectivity index (χ4n) is 1.75. The highest BCUT2D eigenvalue weighted by molar-refractivity contribution is 4.99. The third-order valence-corrected chi connectivity index (χ3v) is 2.65. The van der Waals surface area contributed by atoms with Crippen LogP contribution in [0, 0.1) is 0 Å². The molecule has 0 radical (unpaired) electrons. The molecule has 1 saturated heterocycles. The van der Waals surface area contributed by atoms with Crippen molar-refractivity contribution in [2.75, 3.05) is 0 Å². The van der Waals surface area contributed by atoms with Gasteiger partial charge in [-0.1, -0.05) is 5.16 Å². The van der Waals surface area contributed by atoms with E-state index in [9.17, 15) is 13.2 Å². The molecule has 1 fully saturated rings. The summed E-state index contributed by atoms with van der Waals surface area (Å²) in [6, 6.07) is -0.792. The van der Waals surface area contributed by atoms with Gasteiger partial charge in [0.15, 0.2) is 5.82 Å². The van der Waals surface area contributed by atoms with Crippen molar-refractivity contribution >= 4 is 0 Å². The van der Waals surface area contributed by atoms with E-state index in [1.165, 1.54) is 0 Å².